The number of ether oxygens (including phenoxy) is 1. The number of hydrogen-bond acceptors (Lipinski definition) is 3. The summed E-state index contributed by atoms with van der Waals surface area (Å²) < 4.78 is 7.18. The van der Waals surface area contributed by atoms with Crippen LogP contribution in [0.1, 0.15) is 45.7 Å². The second kappa shape index (κ2) is 5.58. The average Bonchev–Trinajstić information content (AvgIpc) is 2.53. The van der Waals surface area contributed by atoms with Gasteiger partial charge in [-0.2, -0.15) is 0 Å². The standard InChI is InChI=1S/C15H22BrClN2O/c1-14(2)8-11(15(3,4)20-14)13(19-18)10-7-9(17)5-6-12(10)16/h5-7,11,13,19H,8,18H2,1-4H3. The molecular formula is C15H22BrClN2O. The molecule has 3 nitrogen and oxygen atoms in total. The molecule has 1 aliphatic heterocycles. The Morgan fingerprint density at radius 1 is 1.40 bits per heavy atom. The number of nitrogens with one attached hydrogen (secondary N) is 1. The first-order chi connectivity index (χ1) is 9.16. The Labute approximate surface area is 134 Å². The summed E-state index contributed by atoms with van der Waals surface area (Å²) in [7, 11) is 0. The van der Waals surface area contributed by atoms with Gasteiger partial charge in [0.1, 0.15) is 0 Å². The van der Waals surface area contributed by atoms with Gasteiger partial charge in [-0.25, -0.2) is 0 Å². The maximum absolute atomic E-state index is 6.18. The minimum Gasteiger partial charge on any atom is -0.369 e. The fraction of sp³-hybridized carbons (Fsp3) is 0.600. The number of halogens is 2. The van der Waals surface area contributed by atoms with Crippen LogP contribution >= 0.6 is 27.5 Å². The van der Waals surface area contributed by atoms with E-state index in [1.54, 1.807) is 0 Å². The molecule has 112 valence electrons. The Bertz CT molecular complexity index is 505. The first-order valence-corrected chi connectivity index (χ1v) is 7.95. The van der Waals surface area contributed by atoms with Gasteiger partial charge < -0.3 is 4.74 Å². The molecule has 2 rings (SSSR count). The highest BCUT2D eigenvalue weighted by Crippen LogP contribution is 2.48. The molecule has 2 atom stereocenters. The van der Waals surface area contributed by atoms with Crippen LogP contribution in [0.15, 0.2) is 22.7 Å². The van der Waals surface area contributed by atoms with Crippen LogP contribution in [0, 0.1) is 5.92 Å². The van der Waals surface area contributed by atoms with Crippen molar-refractivity contribution in [1.82, 2.24) is 5.43 Å². The number of benzene rings is 1. The van der Waals surface area contributed by atoms with Gasteiger partial charge in [-0.05, 0) is 57.9 Å². The highest BCUT2D eigenvalue weighted by atomic mass is 79.9. The van der Waals surface area contributed by atoms with E-state index in [9.17, 15) is 0 Å². The fourth-order valence-corrected chi connectivity index (χ4v) is 3.97. The molecule has 5 heteroatoms. The van der Waals surface area contributed by atoms with Crippen molar-refractivity contribution in [3.63, 3.8) is 0 Å². The maximum atomic E-state index is 6.18. The van der Waals surface area contributed by atoms with E-state index in [0.717, 1.165) is 16.5 Å². The molecule has 0 spiro atoms. The molecule has 20 heavy (non-hydrogen) atoms. The van der Waals surface area contributed by atoms with Crippen molar-refractivity contribution in [2.24, 2.45) is 11.8 Å². The Morgan fingerprint density at radius 2 is 2.05 bits per heavy atom. The zero-order valence-electron chi connectivity index (χ0n) is 12.3. The van der Waals surface area contributed by atoms with E-state index in [4.69, 9.17) is 22.2 Å². The summed E-state index contributed by atoms with van der Waals surface area (Å²) in [6.45, 7) is 8.48. The Morgan fingerprint density at radius 3 is 2.55 bits per heavy atom. The molecule has 0 bridgehead atoms. The fourth-order valence-electron chi connectivity index (χ4n) is 3.30. The molecule has 1 aromatic rings. The van der Waals surface area contributed by atoms with Crippen LogP contribution in [0.3, 0.4) is 0 Å². The minimum absolute atomic E-state index is 0.0140. The van der Waals surface area contributed by atoms with Crippen LogP contribution in [0.2, 0.25) is 5.02 Å². The lowest BCUT2D eigenvalue weighted by molar-refractivity contribution is -0.0779. The van der Waals surface area contributed by atoms with Crippen molar-refractivity contribution in [2.75, 3.05) is 0 Å². The molecule has 0 aromatic heterocycles. The van der Waals surface area contributed by atoms with Crippen molar-refractivity contribution in [1.29, 1.82) is 0 Å². The quantitative estimate of drug-likeness (QED) is 0.626. The summed E-state index contributed by atoms with van der Waals surface area (Å²) in [6.07, 6.45) is 0.938. The van der Waals surface area contributed by atoms with Gasteiger partial charge in [0.05, 0.1) is 17.2 Å². The first kappa shape index (κ1) is 16.2. The molecule has 0 radical (unpaired) electrons. The Hall–Kier alpha value is -0.130. The predicted molar refractivity (Wildman–Crippen MR) is 86.6 cm³/mol. The third-order valence-corrected chi connectivity index (χ3v) is 4.98. The molecule has 1 aromatic carbocycles. The lowest BCUT2D eigenvalue weighted by Crippen LogP contribution is -2.41. The van der Waals surface area contributed by atoms with Gasteiger partial charge in [-0.15, -0.1) is 0 Å². The summed E-state index contributed by atoms with van der Waals surface area (Å²) >= 11 is 9.72. The number of rotatable bonds is 3. The molecule has 1 heterocycles. The van der Waals surface area contributed by atoms with Crippen LogP contribution in [0.5, 0.6) is 0 Å². The van der Waals surface area contributed by atoms with E-state index < -0.39 is 0 Å². The van der Waals surface area contributed by atoms with E-state index in [1.165, 1.54) is 0 Å². The van der Waals surface area contributed by atoms with Crippen LogP contribution in [-0.2, 0) is 4.74 Å². The van der Waals surface area contributed by atoms with Crippen LogP contribution in [-0.4, -0.2) is 11.2 Å². The first-order valence-electron chi connectivity index (χ1n) is 6.77. The smallest absolute Gasteiger partial charge is 0.0681 e. The van der Waals surface area contributed by atoms with Crippen molar-refractivity contribution >= 4 is 27.5 Å². The Balaban J connectivity index is 2.40. The molecule has 0 amide bonds. The summed E-state index contributed by atoms with van der Waals surface area (Å²) in [5, 5.41) is 0.708. The van der Waals surface area contributed by atoms with E-state index in [-0.39, 0.29) is 23.2 Å². The predicted octanol–water partition coefficient (Wildman–Crippen LogP) is 4.20. The molecule has 1 saturated heterocycles. The van der Waals surface area contributed by atoms with Crippen LogP contribution in [0.4, 0.5) is 0 Å². The number of nitrogens with two attached hydrogens (primary N) is 1. The lowest BCUT2D eigenvalue weighted by atomic mass is 9.79. The van der Waals surface area contributed by atoms with Gasteiger partial charge in [0.25, 0.3) is 0 Å². The average molecular weight is 362 g/mol. The molecule has 2 unspecified atom stereocenters. The van der Waals surface area contributed by atoms with Gasteiger partial charge in [-0.1, -0.05) is 27.5 Å². The van der Waals surface area contributed by atoms with E-state index in [0.29, 0.717) is 5.02 Å². The van der Waals surface area contributed by atoms with Crippen molar-refractivity contribution in [2.45, 2.75) is 51.4 Å². The van der Waals surface area contributed by atoms with Gasteiger partial charge in [0, 0.05) is 15.4 Å². The molecule has 1 fully saturated rings. The third-order valence-electron chi connectivity index (χ3n) is 4.02. The highest BCUT2D eigenvalue weighted by molar-refractivity contribution is 9.10. The monoisotopic (exact) mass is 360 g/mol. The molecule has 1 aliphatic rings. The van der Waals surface area contributed by atoms with E-state index in [1.807, 2.05) is 18.2 Å². The highest BCUT2D eigenvalue weighted by Gasteiger charge is 2.49. The summed E-state index contributed by atoms with van der Waals surface area (Å²) in [5.41, 5.74) is 3.63. The molecule has 0 saturated carbocycles. The number of hydrazine groups is 1. The van der Waals surface area contributed by atoms with Gasteiger partial charge in [0.2, 0.25) is 0 Å². The SMILES string of the molecule is CC1(C)CC(C(NN)c2cc(Cl)ccc2Br)C(C)(C)O1. The van der Waals surface area contributed by atoms with Crippen molar-refractivity contribution in [3.8, 4) is 0 Å². The summed E-state index contributed by atoms with van der Waals surface area (Å²) in [5.74, 6) is 6.11. The van der Waals surface area contributed by atoms with Gasteiger partial charge >= 0.3 is 0 Å². The van der Waals surface area contributed by atoms with Crippen LogP contribution in [0.25, 0.3) is 0 Å². The second-order valence-electron chi connectivity index (χ2n) is 6.59. The second-order valence-corrected chi connectivity index (χ2v) is 7.88. The summed E-state index contributed by atoms with van der Waals surface area (Å²) in [6, 6.07) is 5.76. The maximum Gasteiger partial charge on any atom is 0.0681 e. The van der Waals surface area contributed by atoms with Crippen molar-refractivity contribution in [3.05, 3.63) is 33.3 Å². The molecule has 3 N–H and O–H groups in total. The van der Waals surface area contributed by atoms with E-state index >= 15 is 0 Å². The van der Waals surface area contributed by atoms with Crippen molar-refractivity contribution < 1.29 is 4.74 Å². The minimum atomic E-state index is -0.248. The van der Waals surface area contributed by atoms with Crippen LogP contribution < -0.4 is 11.3 Å². The third kappa shape index (κ3) is 3.20. The molecule has 0 aliphatic carbocycles. The van der Waals surface area contributed by atoms with E-state index in [2.05, 4.69) is 49.1 Å². The summed E-state index contributed by atoms with van der Waals surface area (Å²) in [4.78, 5) is 0. The zero-order chi connectivity index (χ0) is 15.1. The largest absolute Gasteiger partial charge is 0.369 e. The van der Waals surface area contributed by atoms with Gasteiger partial charge in [0.15, 0.2) is 0 Å². The zero-order valence-corrected chi connectivity index (χ0v) is 14.7. The number of hydrogen-bond donors (Lipinski definition) is 2. The molecular weight excluding hydrogens is 340 g/mol. The normalized spacial score (nSPS) is 25.6. The topological polar surface area (TPSA) is 47.3 Å². The van der Waals surface area contributed by atoms with Gasteiger partial charge in [-0.3, -0.25) is 11.3 Å². The Kier molecular flexibility index (Phi) is 4.53. The lowest BCUT2D eigenvalue weighted by Gasteiger charge is -2.33.